The van der Waals surface area contributed by atoms with Gasteiger partial charge in [0.25, 0.3) is 0 Å². The summed E-state index contributed by atoms with van der Waals surface area (Å²) in [6.07, 6.45) is 3.37. The van der Waals surface area contributed by atoms with E-state index in [1.165, 1.54) is 6.33 Å². The number of hydrogen-bond acceptors (Lipinski definition) is 5. The lowest BCUT2D eigenvalue weighted by molar-refractivity contribution is 0.0697. The minimum atomic E-state index is -0.948. The van der Waals surface area contributed by atoms with E-state index in [0.29, 0.717) is 5.52 Å². The molecule has 2 aromatic rings. The Kier molecular flexibility index (Phi) is 3.23. The third kappa shape index (κ3) is 2.30. The van der Waals surface area contributed by atoms with E-state index in [1.807, 2.05) is 0 Å². The number of aromatic nitrogens is 2. The molecule has 6 nitrogen and oxygen atoms in total. The topological polar surface area (TPSA) is 92.3 Å². The van der Waals surface area contributed by atoms with E-state index in [2.05, 4.69) is 14.9 Å². The summed E-state index contributed by atoms with van der Waals surface area (Å²) in [5.74, 6) is -0.0881. The molecule has 104 valence electrons. The van der Waals surface area contributed by atoms with Crippen LogP contribution in [0.3, 0.4) is 0 Å². The fourth-order valence-corrected chi connectivity index (χ4v) is 2.54. The molecule has 6 heteroatoms. The highest BCUT2D eigenvalue weighted by Gasteiger charge is 2.19. The number of nitrogens with two attached hydrogens (primary N) is 1. The zero-order valence-corrected chi connectivity index (χ0v) is 11.0. The molecule has 0 amide bonds. The van der Waals surface area contributed by atoms with Crippen LogP contribution in [-0.4, -0.2) is 40.2 Å². The van der Waals surface area contributed by atoms with Crippen molar-refractivity contribution in [2.45, 2.75) is 18.9 Å². The number of piperidine rings is 1. The van der Waals surface area contributed by atoms with Gasteiger partial charge in [-0.1, -0.05) is 0 Å². The zero-order chi connectivity index (χ0) is 14.1. The van der Waals surface area contributed by atoms with Crippen molar-refractivity contribution in [3.63, 3.8) is 0 Å². The number of rotatable bonds is 2. The second kappa shape index (κ2) is 5.05. The van der Waals surface area contributed by atoms with Gasteiger partial charge in [0, 0.05) is 24.5 Å². The van der Waals surface area contributed by atoms with Crippen molar-refractivity contribution in [1.29, 1.82) is 0 Å². The normalized spacial score (nSPS) is 16.6. The van der Waals surface area contributed by atoms with E-state index >= 15 is 0 Å². The molecule has 3 rings (SSSR count). The van der Waals surface area contributed by atoms with Gasteiger partial charge in [0.15, 0.2) is 0 Å². The van der Waals surface area contributed by atoms with Crippen molar-refractivity contribution >= 4 is 22.7 Å². The Hall–Kier alpha value is -2.21. The first kappa shape index (κ1) is 12.8. The molecule has 1 aromatic heterocycles. The number of carbonyl (C=O) groups is 1. The van der Waals surface area contributed by atoms with Crippen molar-refractivity contribution < 1.29 is 9.90 Å². The first-order valence-corrected chi connectivity index (χ1v) is 6.64. The lowest BCUT2D eigenvalue weighted by atomic mass is 10.1. The number of fused-ring (bicyclic) bond motifs is 1. The smallest absolute Gasteiger partial charge is 0.335 e. The highest BCUT2D eigenvalue weighted by atomic mass is 16.4. The second-order valence-electron chi connectivity index (χ2n) is 5.06. The number of aromatic carboxylic acids is 1. The molecule has 1 aliphatic rings. The maximum atomic E-state index is 11.0. The summed E-state index contributed by atoms with van der Waals surface area (Å²) in [7, 11) is 0. The van der Waals surface area contributed by atoms with Crippen LogP contribution in [0.1, 0.15) is 23.2 Å². The third-order valence-electron chi connectivity index (χ3n) is 3.70. The molecule has 1 fully saturated rings. The van der Waals surface area contributed by atoms with Gasteiger partial charge in [0.1, 0.15) is 12.1 Å². The maximum Gasteiger partial charge on any atom is 0.335 e. The molecule has 1 aliphatic heterocycles. The van der Waals surface area contributed by atoms with Crippen molar-refractivity contribution in [3.8, 4) is 0 Å². The summed E-state index contributed by atoms with van der Waals surface area (Å²) in [5, 5.41) is 9.91. The molecular weight excluding hydrogens is 256 g/mol. The Bertz CT molecular complexity index is 651. The van der Waals surface area contributed by atoms with E-state index in [1.54, 1.807) is 18.2 Å². The standard InChI is InChI=1S/C14H16N4O2/c15-10-3-5-18(6-4-10)13-11-2-1-9(14(19)20)7-12(11)16-8-17-13/h1-2,7-8,10H,3-6,15H2,(H,19,20). The molecule has 3 N–H and O–H groups in total. The Morgan fingerprint density at radius 1 is 1.30 bits per heavy atom. The molecule has 0 aliphatic carbocycles. The van der Waals surface area contributed by atoms with Crippen molar-refractivity contribution in [1.82, 2.24) is 9.97 Å². The fourth-order valence-electron chi connectivity index (χ4n) is 2.54. The van der Waals surface area contributed by atoms with Crippen LogP contribution in [0.25, 0.3) is 10.9 Å². The van der Waals surface area contributed by atoms with Gasteiger partial charge in [-0.15, -0.1) is 0 Å². The monoisotopic (exact) mass is 272 g/mol. The fraction of sp³-hybridized carbons (Fsp3) is 0.357. The average molecular weight is 272 g/mol. The Morgan fingerprint density at radius 2 is 2.05 bits per heavy atom. The molecule has 0 atom stereocenters. The third-order valence-corrected chi connectivity index (χ3v) is 3.70. The molecule has 0 radical (unpaired) electrons. The van der Waals surface area contributed by atoms with Gasteiger partial charge in [-0.25, -0.2) is 14.8 Å². The molecular formula is C14H16N4O2. The largest absolute Gasteiger partial charge is 0.478 e. The van der Waals surface area contributed by atoms with Gasteiger partial charge < -0.3 is 15.7 Å². The minimum Gasteiger partial charge on any atom is -0.478 e. The van der Waals surface area contributed by atoms with Crippen LogP contribution in [0, 0.1) is 0 Å². The highest BCUT2D eigenvalue weighted by molar-refractivity contribution is 5.96. The van der Waals surface area contributed by atoms with Crippen molar-refractivity contribution in [3.05, 3.63) is 30.1 Å². The van der Waals surface area contributed by atoms with E-state index in [0.717, 1.165) is 37.1 Å². The summed E-state index contributed by atoms with van der Waals surface area (Å²) in [4.78, 5) is 21.7. The second-order valence-corrected chi connectivity index (χ2v) is 5.06. The van der Waals surface area contributed by atoms with E-state index < -0.39 is 5.97 Å². The number of benzene rings is 1. The van der Waals surface area contributed by atoms with Gasteiger partial charge in [0.05, 0.1) is 11.1 Å². The van der Waals surface area contributed by atoms with Crippen LogP contribution in [-0.2, 0) is 0 Å². The number of carboxylic acids is 1. The van der Waals surface area contributed by atoms with Gasteiger partial charge >= 0.3 is 5.97 Å². The first-order valence-electron chi connectivity index (χ1n) is 6.64. The summed E-state index contributed by atoms with van der Waals surface area (Å²) < 4.78 is 0. The number of nitrogens with zero attached hydrogens (tertiary/aromatic N) is 3. The highest BCUT2D eigenvalue weighted by Crippen LogP contribution is 2.26. The summed E-state index contributed by atoms with van der Waals surface area (Å²) in [6, 6.07) is 5.21. The number of carboxylic acid groups (broad SMARTS) is 1. The maximum absolute atomic E-state index is 11.0. The molecule has 0 spiro atoms. The van der Waals surface area contributed by atoms with Crippen LogP contribution >= 0.6 is 0 Å². The van der Waals surface area contributed by atoms with E-state index in [-0.39, 0.29) is 11.6 Å². The molecule has 2 heterocycles. The lowest BCUT2D eigenvalue weighted by Gasteiger charge is -2.31. The van der Waals surface area contributed by atoms with Gasteiger partial charge in [-0.05, 0) is 31.0 Å². The average Bonchev–Trinajstić information content (AvgIpc) is 2.47. The molecule has 0 unspecified atom stereocenters. The van der Waals surface area contributed by atoms with Gasteiger partial charge in [0.2, 0.25) is 0 Å². The molecule has 1 saturated heterocycles. The minimum absolute atomic E-state index is 0.239. The van der Waals surface area contributed by atoms with Crippen LogP contribution in [0.15, 0.2) is 24.5 Å². The summed E-state index contributed by atoms with van der Waals surface area (Å²) in [6.45, 7) is 1.74. The van der Waals surface area contributed by atoms with Gasteiger partial charge in [-0.2, -0.15) is 0 Å². The van der Waals surface area contributed by atoms with Gasteiger partial charge in [-0.3, -0.25) is 0 Å². The molecule has 1 aromatic carbocycles. The Labute approximate surface area is 116 Å². The van der Waals surface area contributed by atoms with Crippen LogP contribution in [0.2, 0.25) is 0 Å². The Morgan fingerprint density at radius 3 is 2.75 bits per heavy atom. The summed E-state index contributed by atoms with van der Waals surface area (Å²) >= 11 is 0. The van der Waals surface area contributed by atoms with Crippen LogP contribution < -0.4 is 10.6 Å². The van der Waals surface area contributed by atoms with Crippen LogP contribution in [0.4, 0.5) is 5.82 Å². The van der Waals surface area contributed by atoms with E-state index in [9.17, 15) is 4.79 Å². The predicted molar refractivity (Wildman–Crippen MR) is 75.9 cm³/mol. The zero-order valence-electron chi connectivity index (χ0n) is 11.0. The number of anilines is 1. The molecule has 0 saturated carbocycles. The quantitative estimate of drug-likeness (QED) is 0.855. The Balaban J connectivity index is 2.01. The predicted octanol–water partition coefficient (Wildman–Crippen LogP) is 1.26. The molecule has 20 heavy (non-hydrogen) atoms. The molecule has 0 bridgehead atoms. The van der Waals surface area contributed by atoms with Crippen LogP contribution in [0.5, 0.6) is 0 Å². The SMILES string of the molecule is NC1CCN(c2ncnc3cc(C(=O)O)ccc23)CC1. The summed E-state index contributed by atoms with van der Waals surface area (Å²) in [5.41, 5.74) is 6.81. The first-order chi connectivity index (χ1) is 9.65. The van der Waals surface area contributed by atoms with Crippen molar-refractivity contribution in [2.75, 3.05) is 18.0 Å². The lowest BCUT2D eigenvalue weighted by Crippen LogP contribution is -2.40. The number of hydrogen-bond donors (Lipinski definition) is 2. The van der Waals surface area contributed by atoms with Crippen molar-refractivity contribution in [2.24, 2.45) is 5.73 Å². The van der Waals surface area contributed by atoms with E-state index in [4.69, 9.17) is 10.8 Å².